The average Bonchev–Trinajstić information content (AvgIpc) is 2.90. The van der Waals surface area contributed by atoms with Crippen molar-refractivity contribution in [1.29, 1.82) is 0 Å². The molecule has 0 bridgehead atoms. The van der Waals surface area contributed by atoms with Crippen molar-refractivity contribution >= 4 is 11.6 Å². The van der Waals surface area contributed by atoms with E-state index < -0.39 is 0 Å². The van der Waals surface area contributed by atoms with Crippen molar-refractivity contribution in [2.24, 2.45) is 5.92 Å². The number of hydrogen-bond donors (Lipinski definition) is 2. The lowest BCUT2D eigenvalue weighted by molar-refractivity contribution is -0.126. The second-order valence-electron chi connectivity index (χ2n) is 5.47. The molecule has 1 amide bonds. The number of rotatable bonds is 2. The van der Waals surface area contributed by atoms with Gasteiger partial charge in [-0.15, -0.1) is 0 Å². The van der Waals surface area contributed by atoms with Crippen molar-refractivity contribution in [3.05, 3.63) is 29.8 Å². The standard InChI is InChI=1S/C15H20N2O2/c1-10-13(15(18)17-12-6-7-19-9-12)8-11-4-2-3-5-14(11)16-10/h2-5,10,12-13,16H,6-9H2,1H3,(H,17,18). The minimum absolute atomic E-state index is 0.00417. The second kappa shape index (κ2) is 5.21. The van der Waals surface area contributed by atoms with Gasteiger partial charge in [-0.1, -0.05) is 18.2 Å². The van der Waals surface area contributed by atoms with Crippen molar-refractivity contribution in [1.82, 2.24) is 5.32 Å². The number of amides is 1. The Kier molecular flexibility index (Phi) is 3.42. The molecule has 102 valence electrons. The van der Waals surface area contributed by atoms with Crippen LogP contribution in [0.1, 0.15) is 18.9 Å². The third kappa shape index (κ3) is 2.59. The fourth-order valence-corrected chi connectivity index (χ4v) is 2.88. The number of fused-ring (bicyclic) bond motifs is 1. The summed E-state index contributed by atoms with van der Waals surface area (Å²) >= 11 is 0. The Morgan fingerprint density at radius 2 is 2.26 bits per heavy atom. The van der Waals surface area contributed by atoms with Gasteiger partial charge in [-0.2, -0.15) is 0 Å². The molecule has 2 aliphatic heterocycles. The van der Waals surface area contributed by atoms with E-state index in [0.717, 1.165) is 25.1 Å². The molecule has 1 aromatic rings. The Morgan fingerprint density at radius 3 is 3.05 bits per heavy atom. The molecule has 1 saturated heterocycles. The van der Waals surface area contributed by atoms with Crippen LogP contribution >= 0.6 is 0 Å². The number of para-hydroxylation sites is 1. The number of anilines is 1. The average molecular weight is 260 g/mol. The minimum Gasteiger partial charge on any atom is -0.382 e. The fourth-order valence-electron chi connectivity index (χ4n) is 2.88. The summed E-state index contributed by atoms with van der Waals surface area (Å²) in [5, 5.41) is 6.53. The predicted molar refractivity (Wildman–Crippen MR) is 74.1 cm³/mol. The molecule has 19 heavy (non-hydrogen) atoms. The minimum atomic E-state index is -0.00417. The van der Waals surface area contributed by atoms with Crippen LogP contribution in [0.25, 0.3) is 0 Å². The third-order valence-electron chi connectivity index (χ3n) is 4.06. The van der Waals surface area contributed by atoms with E-state index in [9.17, 15) is 4.79 Å². The smallest absolute Gasteiger partial charge is 0.225 e. The van der Waals surface area contributed by atoms with Gasteiger partial charge in [-0.25, -0.2) is 0 Å². The van der Waals surface area contributed by atoms with Gasteiger partial charge in [-0.3, -0.25) is 4.79 Å². The topological polar surface area (TPSA) is 50.4 Å². The van der Waals surface area contributed by atoms with Crippen LogP contribution in [0.2, 0.25) is 0 Å². The van der Waals surface area contributed by atoms with Gasteiger partial charge in [0, 0.05) is 18.3 Å². The highest BCUT2D eigenvalue weighted by molar-refractivity contribution is 5.81. The Labute approximate surface area is 113 Å². The molecule has 2 N–H and O–H groups in total. The van der Waals surface area contributed by atoms with Crippen molar-refractivity contribution in [2.45, 2.75) is 31.8 Å². The summed E-state index contributed by atoms with van der Waals surface area (Å²) < 4.78 is 5.30. The van der Waals surface area contributed by atoms with E-state index in [1.54, 1.807) is 0 Å². The number of nitrogens with one attached hydrogen (secondary N) is 2. The van der Waals surface area contributed by atoms with E-state index in [-0.39, 0.29) is 23.9 Å². The first-order chi connectivity index (χ1) is 9.24. The zero-order chi connectivity index (χ0) is 13.2. The molecule has 3 rings (SSSR count). The van der Waals surface area contributed by atoms with Crippen LogP contribution in [0.3, 0.4) is 0 Å². The first kappa shape index (κ1) is 12.5. The molecule has 4 nitrogen and oxygen atoms in total. The Balaban J connectivity index is 1.69. The first-order valence-electron chi connectivity index (χ1n) is 6.96. The van der Waals surface area contributed by atoms with Crippen LogP contribution in [0.5, 0.6) is 0 Å². The predicted octanol–water partition coefficient (Wildman–Crippen LogP) is 1.56. The molecular weight excluding hydrogens is 240 g/mol. The maximum Gasteiger partial charge on any atom is 0.225 e. The van der Waals surface area contributed by atoms with Gasteiger partial charge in [0.2, 0.25) is 5.91 Å². The zero-order valence-corrected chi connectivity index (χ0v) is 11.2. The molecule has 1 fully saturated rings. The molecule has 1 aromatic carbocycles. The molecule has 3 unspecified atom stereocenters. The molecular formula is C15H20N2O2. The third-order valence-corrected chi connectivity index (χ3v) is 4.06. The lowest BCUT2D eigenvalue weighted by Gasteiger charge is -2.32. The largest absolute Gasteiger partial charge is 0.382 e. The molecule has 0 aromatic heterocycles. The molecule has 2 heterocycles. The van der Waals surface area contributed by atoms with Crippen LogP contribution in [-0.4, -0.2) is 31.2 Å². The molecule has 0 saturated carbocycles. The summed E-state index contributed by atoms with van der Waals surface area (Å²) in [6.45, 7) is 3.48. The van der Waals surface area contributed by atoms with Gasteiger partial charge in [0.05, 0.1) is 18.6 Å². The lowest BCUT2D eigenvalue weighted by atomic mass is 9.87. The van der Waals surface area contributed by atoms with E-state index >= 15 is 0 Å². The molecule has 0 spiro atoms. The van der Waals surface area contributed by atoms with Gasteiger partial charge in [-0.05, 0) is 31.4 Å². The Morgan fingerprint density at radius 1 is 1.42 bits per heavy atom. The van der Waals surface area contributed by atoms with E-state index in [0.29, 0.717) is 6.61 Å². The van der Waals surface area contributed by atoms with E-state index in [1.165, 1.54) is 5.56 Å². The maximum absolute atomic E-state index is 12.4. The molecule has 3 atom stereocenters. The Hall–Kier alpha value is -1.55. The van der Waals surface area contributed by atoms with Gasteiger partial charge >= 0.3 is 0 Å². The molecule has 2 aliphatic rings. The van der Waals surface area contributed by atoms with E-state index in [1.807, 2.05) is 12.1 Å². The summed E-state index contributed by atoms with van der Waals surface area (Å²) in [5.74, 6) is 0.139. The van der Waals surface area contributed by atoms with E-state index in [2.05, 4.69) is 29.7 Å². The number of hydrogen-bond acceptors (Lipinski definition) is 3. The van der Waals surface area contributed by atoms with Crippen molar-refractivity contribution in [3.8, 4) is 0 Å². The van der Waals surface area contributed by atoms with Gasteiger partial charge in [0.25, 0.3) is 0 Å². The summed E-state index contributed by atoms with van der Waals surface area (Å²) in [6.07, 6.45) is 1.74. The number of ether oxygens (including phenoxy) is 1. The van der Waals surface area contributed by atoms with Crippen LogP contribution in [0.4, 0.5) is 5.69 Å². The lowest BCUT2D eigenvalue weighted by Crippen LogP contribution is -2.46. The molecule has 0 radical (unpaired) electrons. The highest BCUT2D eigenvalue weighted by Crippen LogP contribution is 2.28. The van der Waals surface area contributed by atoms with E-state index in [4.69, 9.17) is 4.74 Å². The molecule has 0 aliphatic carbocycles. The summed E-state index contributed by atoms with van der Waals surface area (Å²) in [4.78, 5) is 12.4. The van der Waals surface area contributed by atoms with Crippen molar-refractivity contribution < 1.29 is 9.53 Å². The number of carbonyl (C=O) groups excluding carboxylic acids is 1. The summed E-state index contributed by atoms with van der Waals surface area (Å²) in [6, 6.07) is 8.57. The Bertz CT molecular complexity index is 469. The number of benzene rings is 1. The van der Waals surface area contributed by atoms with Crippen molar-refractivity contribution in [3.63, 3.8) is 0 Å². The zero-order valence-electron chi connectivity index (χ0n) is 11.2. The van der Waals surface area contributed by atoms with Crippen LogP contribution in [-0.2, 0) is 16.0 Å². The second-order valence-corrected chi connectivity index (χ2v) is 5.47. The monoisotopic (exact) mass is 260 g/mol. The first-order valence-corrected chi connectivity index (χ1v) is 6.96. The summed E-state index contributed by atoms with van der Waals surface area (Å²) in [5.41, 5.74) is 2.38. The van der Waals surface area contributed by atoms with Gasteiger partial charge in [0.1, 0.15) is 0 Å². The van der Waals surface area contributed by atoms with Gasteiger partial charge in [0.15, 0.2) is 0 Å². The summed E-state index contributed by atoms with van der Waals surface area (Å²) in [7, 11) is 0. The highest BCUT2D eigenvalue weighted by Gasteiger charge is 2.31. The van der Waals surface area contributed by atoms with Crippen LogP contribution in [0, 0.1) is 5.92 Å². The SMILES string of the molecule is CC1Nc2ccccc2CC1C(=O)NC1CCOC1. The normalized spacial score (nSPS) is 29.4. The van der Waals surface area contributed by atoms with Crippen LogP contribution < -0.4 is 10.6 Å². The fraction of sp³-hybridized carbons (Fsp3) is 0.533. The highest BCUT2D eigenvalue weighted by atomic mass is 16.5. The molecule has 4 heteroatoms. The van der Waals surface area contributed by atoms with Crippen molar-refractivity contribution in [2.75, 3.05) is 18.5 Å². The maximum atomic E-state index is 12.4. The van der Waals surface area contributed by atoms with Gasteiger partial charge < -0.3 is 15.4 Å². The quantitative estimate of drug-likeness (QED) is 0.848. The van der Waals surface area contributed by atoms with Crippen LogP contribution in [0.15, 0.2) is 24.3 Å². The number of carbonyl (C=O) groups is 1.